The van der Waals surface area contributed by atoms with Crippen LogP contribution in [0.1, 0.15) is 0 Å². The number of carbonyl (C=O) groups excluding carboxylic acids is 1. The van der Waals surface area contributed by atoms with Crippen molar-refractivity contribution in [1.29, 1.82) is 0 Å². The summed E-state index contributed by atoms with van der Waals surface area (Å²) in [5.41, 5.74) is 1.74. The summed E-state index contributed by atoms with van der Waals surface area (Å²) >= 11 is 1.46. The summed E-state index contributed by atoms with van der Waals surface area (Å²) in [6, 6.07) is 15.3. The molecular weight excluding hydrogens is 298 g/mol. The number of hydrogen-bond donors (Lipinski definition) is 2. The molecule has 0 unspecified atom stereocenters. The second-order valence-electron chi connectivity index (χ2n) is 4.61. The van der Waals surface area contributed by atoms with Crippen molar-refractivity contribution in [1.82, 2.24) is 9.97 Å². The molecule has 2 N–H and O–H groups in total. The highest BCUT2D eigenvalue weighted by molar-refractivity contribution is 8.00. The largest absolute Gasteiger partial charge is 0.497 e. The summed E-state index contributed by atoms with van der Waals surface area (Å²) in [6.45, 7) is 0. The van der Waals surface area contributed by atoms with Gasteiger partial charge < -0.3 is 9.72 Å². The van der Waals surface area contributed by atoms with E-state index in [4.69, 9.17) is 4.74 Å². The smallest absolute Gasteiger partial charge is 0.237 e. The monoisotopic (exact) mass is 313 g/mol. The number of H-pyrrole nitrogens is 1. The zero-order valence-corrected chi connectivity index (χ0v) is 12.8. The van der Waals surface area contributed by atoms with E-state index in [-0.39, 0.29) is 5.91 Å². The molecular formula is C16H15N3O2S. The lowest BCUT2D eigenvalue weighted by Crippen LogP contribution is -2.14. The molecule has 0 bridgehead atoms. The number of imidazole rings is 1. The van der Waals surface area contributed by atoms with Crippen LogP contribution in [-0.2, 0) is 4.79 Å². The molecule has 5 nitrogen and oxygen atoms in total. The Morgan fingerprint density at radius 2 is 2.00 bits per heavy atom. The third kappa shape index (κ3) is 3.40. The highest BCUT2D eigenvalue weighted by Crippen LogP contribution is 2.21. The van der Waals surface area contributed by atoms with E-state index in [0.717, 1.165) is 21.7 Å². The van der Waals surface area contributed by atoms with Crippen LogP contribution in [0.3, 0.4) is 0 Å². The van der Waals surface area contributed by atoms with Gasteiger partial charge in [0, 0.05) is 4.90 Å². The van der Waals surface area contributed by atoms with E-state index in [1.807, 2.05) is 48.5 Å². The van der Waals surface area contributed by atoms with E-state index in [2.05, 4.69) is 15.3 Å². The number of methoxy groups -OCH3 is 1. The average Bonchev–Trinajstić information content (AvgIpc) is 2.95. The van der Waals surface area contributed by atoms with Gasteiger partial charge in [0.25, 0.3) is 0 Å². The van der Waals surface area contributed by atoms with Gasteiger partial charge >= 0.3 is 0 Å². The zero-order valence-electron chi connectivity index (χ0n) is 12.0. The molecule has 2 aromatic carbocycles. The normalized spacial score (nSPS) is 10.6. The number of fused-ring (bicyclic) bond motifs is 1. The first-order valence-corrected chi connectivity index (χ1v) is 7.74. The lowest BCUT2D eigenvalue weighted by atomic mass is 10.3. The van der Waals surface area contributed by atoms with E-state index in [1.165, 1.54) is 11.8 Å². The molecule has 1 heterocycles. The Balaban J connectivity index is 1.57. The molecule has 0 fully saturated rings. The standard InChI is InChI=1S/C16H15N3O2S/c1-21-11-6-8-12(9-7-11)22-10-15(20)19-16-17-13-4-2-3-5-14(13)18-16/h2-9H,10H2,1H3,(H2,17,18,19,20). The van der Waals surface area contributed by atoms with Crippen LogP contribution in [-0.4, -0.2) is 28.7 Å². The van der Waals surface area contributed by atoms with E-state index in [9.17, 15) is 4.79 Å². The summed E-state index contributed by atoms with van der Waals surface area (Å²) in [5, 5.41) is 2.77. The van der Waals surface area contributed by atoms with Crippen LogP contribution in [0, 0.1) is 0 Å². The molecule has 6 heteroatoms. The van der Waals surface area contributed by atoms with E-state index >= 15 is 0 Å². The highest BCUT2D eigenvalue weighted by Gasteiger charge is 2.07. The van der Waals surface area contributed by atoms with Crippen LogP contribution >= 0.6 is 11.8 Å². The molecule has 3 rings (SSSR count). The maximum absolute atomic E-state index is 12.0. The SMILES string of the molecule is COc1ccc(SCC(=O)Nc2nc3ccccc3[nH]2)cc1. The molecule has 0 saturated carbocycles. The van der Waals surface area contributed by atoms with Gasteiger partial charge in [0.15, 0.2) is 0 Å². The van der Waals surface area contributed by atoms with Crippen LogP contribution in [0.4, 0.5) is 5.95 Å². The quantitative estimate of drug-likeness (QED) is 0.709. The minimum Gasteiger partial charge on any atom is -0.497 e. The number of aromatic nitrogens is 2. The van der Waals surface area contributed by atoms with Gasteiger partial charge in [0.05, 0.1) is 23.9 Å². The first kappa shape index (κ1) is 14.5. The number of para-hydroxylation sites is 2. The highest BCUT2D eigenvalue weighted by atomic mass is 32.2. The first-order valence-electron chi connectivity index (χ1n) is 6.76. The Labute approximate surface area is 132 Å². The van der Waals surface area contributed by atoms with Gasteiger partial charge in [-0.25, -0.2) is 4.98 Å². The summed E-state index contributed by atoms with van der Waals surface area (Å²) in [7, 11) is 1.63. The Morgan fingerprint density at radius 3 is 2.73 bits per heavy atom. The lowest BCUT2D eigenvalue weighted by Gasteiger charge is -2.03. The maximum atomic E-state index is 12.0. The third-order valence-corrected chi connectivity index (χ3v) is 4.09. The molecule has 112 valence electrons. The number of carbonyl (C=O) groups is 1. The second-order valence-corrected chi connectivity index (χ2v) is 5.66. The van der Waals surface area contributed by atoms with Gasteiger partial charge in [-0.3, -0.25) is 10.1 Å². The van der Waals surface area contributed by atoms with Gasteiger partial charge in [-0.1, -0.05) is 12.1 Å². The fraction of sp³-hybridized carbons (Fsp3) is 0.125. The molecule has 1 aromatic heterocycles. The number of nitrogens with one attached hydrogen (secondary N) is 2. The van der Waals surface area contributed by atoms with Crippen molar-refractivity contribution in [3.05, 3.63) is 48.5 Å². The second kappa shape index (κ2) is 6.53. The Kier molecular flexibility index (Phi) is 4.29. The van der Waals surface area contributed by atoms with Crippen molar-refractivity contribution in [2.24, 2.45) is 0 Å². The van der Waals surface area contributed by atoms with Gasteiger partial charge in [-0.05, 0) is 36.4 Å². The topological polar surface area (TPSA) is 67.0 Å². The predicted octanol–water partition coefficient (Wildman–Crippen LogP) is 3.30. The molecule has 0 spiro atoms. The number of thioether (sulfide) groups is 1. The van der Waals surface area contributed by atoms with Crippen LogP contribution < -0.4 is 10.1 Å². The number of ether oxygens (including phenoxy) is 1. The van der Waals surface area contributed by atoms with Gasteiger partial charge in [-0.2, -0.15) is 0 Å². The van der Waals surface area contributed by atoms with Crippen molar-refractivity contribution in [2.45, 2.75) is 4.90 Å². The number of amides is 1. The van der Waals surface area contributed by atoms with E-state index < -0.39 is 0 Å². The number of nitrogens with zero attached hydrogens (tertiary/aromatic N) is 1. The number of benzene rings is 2. The number of anilines is 1. The van der Waals surface area contributed by atoms with Gasteiger partial charge in [0.2, 0.25) is 11.9 Å². The summed E-state index contributed by atoms with van der Waals surface area (Å²) < 4.78 is 5.10. The molecule has 0 saturated heterocycles. The number of rotatable bonds is 5. The fourth-order valence-electron chi connectivity index (χ4n) is 2.00. The zero-order chi connectivity index (χ0) is 15.4. The number of hydrogen-bond acceptors (Lipinski definition) is 4. The van der Waals surface area contributed by atoms with Gasteiger partial charge in [0.1, 0.15) is 5.75 Å². The predicted molar refractivity (Wildman–Crippen MR) is 88.4 cm³/mol. The summed E-state index contributed by atoms with van der Waals surface area (Å²) in [5.74, 6) is 1.50. The lowest BCUT2D eigenvalue weighted by molar-refractivity contribution is -0.113. The minimum absolute atomic E-state index is 0.0973. The molecule has 0 aliphatic heterocycles. The molecule has 0 aliphatic rings. The molecule has 0 aliphatic carbocycles. The van der Waals surface area contributed by atoms with Crippen molar-refractivity contribution < 1.29 is 9.53 Å². The Hall–Kier alpha value is -2.47. The van der Waals surface area contributed by atoms with Crippen LogP contribution in [0.2, 0.25) is 0 Å². The average molecular weight is 313 g/mol. The summed E-state index contributed by atoms with van der Waals surface area (Å²) in [4.78, 5) is 20.4. The number of aromatic amines is 1. The van der Waals surface area contributed by atoms with Crippen molar-refractivity contribution in [3.8, 4) is 5.75 Å². The van der Waals surface area contributed by atoms with E-state index in [1.54, 1.807) is 7.11 Å². The molecule has 3 aromatic rings. The fourth-order valence-corrected chi connectivity index (χ4v) is 2.70. The minimum atomic E-state index is -0.0973. The van der Waals surface area contributed by atoms with Crippen molar-refractivity contribution in [2.75, 3.05) is 18.2 Å². The van der Waals surface area contributed by atoms with Crippen LogP contribution in [0.5, 0.6) is 5.75 Å². The maximum Gasteiger partial charge on any atom is 0.237 e. The molecule has 0 radical (unpaired) electrons. The Morgan fingerprint density at radius 1 is 1.23 bits per heavy atom. The van der Waals surface area contributed by atoms with E-state index in [0.29, 0.717) is 11.7 Å². The molecule has 22 heavy (non-hydrogen) atoms. The Bertz CT molecular complexity index is 750. The first-order chi connectivity index (χ1) is 10.7. The summed E-state index contributed by atoms with van der Waals surface area (Å²) in [6.07, 6.45) is 0. The molecule has 1 amide bonds. The third-order valence-electron chi connectivity index (χ3n) is 3.08. The van der Waals surface area contributed by atoms with Crippen LogP contribution in [0.15, 0.2) is 53.4 Å². The van der Waals surface area contributed by atoms with Gasteiger partial charge in [-0.15, -0.1) is 11.8 Å². The molecule has 0 atom stereocenters. The van der Waals surface area contributed by atoms with Crippen molar-refractivity contribution >= 4 is 34.7 Å². The van der Waals surface area contributed by atoms with Crippen LogP contribution in [0.25, 0.3) is 11.0 Å². The van der Waals surface area contributed by atoms with Crippen molar-refractivity contribution in [3.63, 3.8) is 0 Å².